The summed E-state index contributed by atoms with van der Waals surface area (Å²) >= 11 is 0. The summed E-state index contributed by atoms with van der Waals surface area (Å²) in [7, 11) is 0. The molecule has 0 unspecified atom stereocenters. The lowest BCUT2D eigenvalue weighted by Gasteiger charge is -2.16. The van der Waals surface area contributed by atoms with Gasteiger partial charge in [0.15, 0.2) is 0 Å². The minimum atomic E-state index is 0.627. The SMILES string of the molecule is C=CN(C=NCC(C)C)CC(C)C. The van der Waals surface area contributed by atoms with Crippen LogP contribution in [0.1, 0.15) is 27.7 Å². The molecule has 2 heteroatoms. The molecule has 0 aromatic heterocycles. The molecule has 2 nitrogen and oxygen atoms in total. The van der Waals surface area contributed by atoms with Gasteiger partial charge in [-0.3, -0.25) is 4.99 Å². The molecule has 0 spiro atoms. The number of nitrogens with zero attached hydrogens (tertiary/aromatic N) is 2. The van der Waals surface area contributed by atoms with E-state index in [1.165, 1.54) is 0 Å². The van der Waals surface area contributed by atoms with E-state index in [0.717, 1.165) is 13.1 Å². The van der Waals surface area contributed by atoms with Crippen molar-refractivity contribution >= 4 is 6.34 Å². The third-order valence-electron chi connectivity index (χ3n) is 1.51. The standard InChI is InChI=1S/C11H22N2/c1-6-13(8-11(4)5)9-12-7-10(2)3/h6,9-11H,1,7-8H2,2-5H3. The summed E-state index contributed by atoms with van der Waals surface area (Å²) in [5.41, 5.74) is 0. The van der Waals surface area contributed by atoms with Gasteiger partial charge in [0.1, 0.15) is 0 Å². The van der Waals surface area contributed by atoms with Gasteiger partial charge in [-0.25, -0.2) is 0 Å². The summed E-state index contributed by atoms with van der Waals surface area (Å²) in [4.78, 5) is 6.36. The smallest absolute Gasteiger partial charge is 0.0889 e. The highest BCUT2D eigenvalue weighted by Gasteiger charge is 1.98. The van der Waals surface area contributed by atoms with E-state index in [-0.39, 0.29) is 0 Å². The fraction of sp³-hybridized carbons (Fsp3) is 0.727. The van der Waals surface area contributed by atoms with Gasteiger partial charge in [0.25, 0.3) is 0 Å². The van der Waals surface area contributed by atoms with Crippen molar-refractivity contribution in [2.75, 3.05) is 13.1 Å². The molecule has 0 aliphatic rings. The molecule has 0 aromatic carbocycles. The molecule has 0 N–H and O–H groups in total. The third-order valence-corrected chi connectivity index (χ3v) is 1.51. The van der Waals surface area contributed by atoms with Gasteiger partial charge in [0.05, 0.1) is 6.34 Å². The van der Waals surface area contributed by atoms with E-state index in [1.807, 2.05) is 17.4 Å². The quantitative estimate of drug-likeness (QED) is 0.455. The second kappa shape index (κ2) is 6.70. The number of rotatable bonds is 6. The molecule has 0 rings (SSSR count). The first-order valence-corrected chi connectivity index (χ1v) is 4.94. The lowest BCUT2D eigenvalue weighted by atomic mass is 10.2. The van der Waals surface area contributed by atoms with Crippen molar-refractivity contribution in [2.45, 2.75) is 27.7 Å². The lowest BCUT2D eigenvalue weighted by molar-refractivity contribution is 0.466. The Labute approximate surface area is 82.4 Å². The molecule has 0 aromatic rings. The highest BCUT2D eigenvalue weighted by atomic mass is 15.1. The molecule has 0 atom stereocenters. The van der Waals surface area contributed by atoms with Crippen molar-refractivity contribution in [3.05, 3.63) is 12.8 Å². The maximum Gasteiger partial charge on any atom is 0.0889 e. The predicted molar refractivity (Wildman–Crippen MR) is 59.9 cm³/mol. The summed E-state index contributed by atoms with van der Waals surface area (Å²) in [6.07, 6.45) is 3.71. The molecule has 0 bridgehead atoms. The summed E-state index contributed by atoms with van der Waals surface area (Å²) in [6.45, 7) is 14.3. The van der Waals surface area contributed by atoms with E-state index in [0.29, 0.717) is 11.8 Å². The fourth-order valence-electron chi connectivity index (χ4n) is 0.953. The van der Waals surface area contributed by atoms with Crippen LogP contribution in [0.25, 0.3) is 0 Å². The number of hydrogen-bond donors (Lipinski definition) is 0. The van der Waals surface area contributed by atoms with Crippen LogP contribution in [0.15, 0.2) is 17.8 Å². The molecular weight excluding hydrogens is 160 g/mol. The highest BCUT2D eigenvalue weighted by Crippen LogP contribution is 1.97. The Morgan fingerprint density at radius 1 is 1.23 bits per heavy atom. The molecule has 0 fully saturated rings. The topological polar surface area (TPSA) is 15.6 Å². The largest absolute Gasteiger partial charge is 0.340 e. The van der Waals surface area contributed by atoms with Crippen molar-refractivity contribution in [2.24, 2.45) is 16.8 Å². The number of aliphatic imine (C=N–C) groups is 1. The van der Waals surface area contributed by atoms with Gasteiger partial charge in [-0.1, -0.05) is 34.3 Å². The van der Waals surface area contributed by atoms with Crippen LogP contribution in [0.3, 0.4) is 0 Å². The maximum atomic E-state index is 4.32. The van der Waals surface area contributed by atoms with E-state index in [1.54, 1.807) is 0 Å². The van der Waals surface area contributed by atoms with Crippen molar-refractivity contribution in [1.82, 2.24) is 4.90 Å². The molecule has 0 saturated heterocycles. The first-order valence-electron chi connectivity index (χ1n) is 4.94. The average molecular weight is 182 g/mol. The van der Waals surface area contributed by atoms with Gasteiger partial charge in [-0.15, -0.1) is 0 Å². The Morgan fingerprint density at radius 2 is 1.85 bits per heavy atom. The summed E-state index contributed by atoms with van der Waals surface area (Å²) in [5, 5.41) is 0. The normalized spacial score (nSPS) is 11.5. The lowest BCUT2D eigenvalue weighted by Crippen LogP contribution is -2.20. The molecule has 0 heterocycles. The van der Waals surface area contributed by atoms with Gasteiger partial charge in [-0.05, 0) is 18.0 Å². The average Bonchev–Trinajstić information content (AvgIpc) is 2.01. The minimum Gasteiger partial charge on any atom is -0.340 e. The van der Waals surface area contributed by atoms with E-state index in [9.17, 15) is 0 Å². The van der Waals surface area contributed by atoms with Crippen LogP contribution in [0.5, 0.6) is 0 Å². The van der Waals surface area contributed by atoms with Crippen LogP contribution in [0.4, 0.5) is 0 Å². The molecule has 13 heavy (non-hydrogen) atoms. The Kier molecular flexibility index (Phi) is 6.29. The van der Waals surface area contributed by atoms with Crippen molar-refractivity contribution in [1.29, 1.82) is 0 Å². The van der Waals surface area contributed by atoms with Crippen LogP contribution in [-0.4, -0.2) is 24.3 Å². The zero-order valence-electron chi connectivity index (χ0n) is 9.33. The van der Waals surface area contributed by atoms with Gasteiger partial charge in [0, 0.05) is 13.1 Å². The Bertz CT molecular complexity index is 159. The van der Waals surface area contributed by atoms with Gasteiger partial charge >= 0.3 is 0 Å². The second-order valence-corrected chi connectivity index (χ2v) is 4.15. The maximum absolute atomic E-state index is 4.32. The first kappa shape index (κ1) is 12.2. The molecule has 0 aliphatic heterocycles. The Balaban J connectivity index is 3.83. The van der Waals surface area contributed by atoms with E-state index >= 15 is 0 Å². The van der Waals surface area contributed by atoms with Crippen LogP contribution < -0.4 is 0 Å². The summed E-state index contributed by atoms with van der Waals surface area (Å²) < 4.78 is 0. The van der Waals surface area contributed by atoms with Gasteiger partial charge < -0.3 is 4.90 Å². The predicted octanol–water partition coefficient (Wildman–Crippen LogP) is 2.77. The highest BCUT2D eigenvalue weighted by molar-refractivity contribution is 5.56. The van der Waals surface area contributed by atoms with Crippen LogP contribution in [0.2, 0.25) is 0 Å². The molecule has 0 saturated carbocycles. The monoisotopic (exact) mass is 182 g/mol. The molecule has 0 amide bonds. The Hall–Kier alpha value is -0.790. The zero-order valence-corrected chi connectivity index (χ0v) is 9.33. The Morgan fingerprint density at radius 3 is 2.23 bits per heavy atom. The van der Waals surface area contributed by atoms with Crippen molar-refractivity contribution < 1.29 is 0 Å². The van der Waals surface area contributed by atoms with E-state index in [2.05, 4.69) is 39.3 Å². The van der Waals surface area contributed by atoms with Gasteiger partial charge in [-0.2, -0.15) is 0 Å². The third kappa shape index (κ3) is 7.57. The first-order chi connectivity index (χ1) is 6.06. The molecule has 0 aliphatic carbocycles. The molecule has 76 valence electrons. The van der Waals surface area contributed by atoms with Crippen molar-refractivity contribution in [3.8, 4) is 0 Å². The van der Waals surface area contributed by atoms with Crippen LogP contribution in [0, 0.1) is 11.8 Å². The second-order valence-electron chi connectivity index (χ2n) is 4.15. The number of hydrogen-bond acceptors (Lipinski definition) is 1. The van der Waals surface area contributed by atoms with E-state index in [4.69, 9.17) is 0 Å². The fourth-order valence-corrected chi connectivity index (χ4v) is 0.953. The molecule has 0 radical (unpaired) electrons. The molecular formula is C11H22N2. The minimum absolute atomic E-state index is 0.627. The summed E-state index contributed by atoms with van der Waals surface area (Å²) in [6, 6.07) is 0. The van der Waals surface area contributed by atoms with Crippen LogP contribution in [-0.2, 0) is 0 Å². The van der Waals surface area contributed by atoms with Gasteiger partial charge in [0.2, 0.25) is 0 Å². The zero-order chi connectivity index (χ0) is 10.3. The van der Waals surface area contributed by atoms with Crippen molar-refractivity contribution in [3.63, 3.8) is 0 Å². The van der Waals surface area contributed by atoms with Crippen LogP contribution >= 0.6 is 0 Å². The summed E-state index contributed by atoms with van der Waals surface area (Å²) in [5.74, 6) is 1.27. The van der Waals surface area contributed by atoms with E-state index < -0.39 is 0 Å².